The van der Waals surface area contributed by atoms with Crippen LogP contribution in [0.4, 0.5) is 4.79 Å². The van der Waals surface area contributed by atoms with E-state index in [1.54, 1.807) is 19.3 Å². The van der Waals surface area contributed by atoms with Crippen molar-refractivity contribution in [1.82, 2.24) is 4.90 Å². The number of benzene rings is 2. The Morgan fingerprint density at radius 3 is 2.56 bits per heavy atom. The number of carbonyl (C=O) groups is 2. The average Bonchev–Trinajstić information content (AvgIpc) is 2.90. The summed E-state index contributed by atoms with van der Waals surface area (Å²) in [6, 6.07) is 15.6. The molecule has 2 aromatic rings. The number of rotatable bonds is 5. The Bertz CT molecular complexity index is 855. The van der Waals surface area contributed by atoms with Crippen molar-refractivity contribution in [2.24, 2.45) is 0 Å². The number of hydrogen-bond acceptors (Lipinski definition) is 4. The summed E-state index contributed by atoms with van der Waals surface area (Å²) in [5.74, 6) is 0.528. The van der Waals surface area contributed by atoms with E-state index in [9.17, 15) is 9.59 Å². The van der Waals surface area contributed by atoms with E-state index in [0.29, 0.717) is 4.91 Å². The van der Waals surface area contributed by atoms with E-state index in [0.717, 1.165) is 34.2 Å². The topological polar surface area (TPSA) is 46.6 Å². The lowest BCUT2D eigenvalue weighted by Gasteiger charge is -2.08. The average molecular weight is 351 g/mol. The molecule has 126 valence electrons. The van der Waals surface area contributed by atoms with Gasteiger partial charge in [-0.05, 0) is 52.7 Å². The fourth-order valence-corrected chi connectivity index (χ4v) is 3.38. The second kappa shape index (κ2) is 7.40. The lowest BCUT2D eigenvalue weighted by Crippen LogP contribution is -2.27. The summed E-state index contributed by atoms with van der Waals surface area (Å²) in [4.78, 5) is 25.8. The molecule has 1 fully saturated rings. The number of imide groups is 1. The number of thioether (sulfide) groups is 1. The molecule has 0 N–H and O–H groups in total. The molecule has 1 heterocycles. The monoisotopic (exact) mass is 351 g/mol. The first-order valence-electron chi connectivity index (χ1n) is 7.73. The fourth-order valence-electron chi connectivity index (χ4n) is 2.53. The van der Waals surface area contributed by atoms with E-state index in [4.69, 9.17) is 4.74 Å². The third kappa shape index (κ3) is 3.67. The quantitative estimate of drug-likeness (QED) is 0.584. The van der Waals surface area contributed by atoms with Gasteiger partial charge in [-0.1, -0.05) is 36.4 Å². The van der Waals surface area contributed by atoms with Crippen molar-refractivity contribution in [3.8, 4) is 16.9 Å². The molecule has 0 bridgehead atoms. The molecule has 1 saturated heterocycles. The smallest absolute Gasteiger partial charge is 0.293 e. The normalized spacial score (nSPS) is 15.7. The minimum absolute atomic E-state index is 0.230. The van der Waals surface area contributed by atoms with Crippen molar-refractivity contribution >= 4 is 29.0 Å². The van der Waals surface area contributed by atoms with Crippen molar-refractivity contribution in [2.75, 3.05) is 13.7 Å². The first-order chi connectivity index (χ1) is 12.1. The number of nitrogens with zero attached hydrogens (tertiary/aromatic N) is 1. The second-order valence-corrected chi connectivity index (χ2v) is 6.43. The summed E-state index contributed by atoms with van der Waals surface area (Å²) in [5, 5.41) is -0.262. The van der Waals surface area contributed by atoms with Gasteiger partial charge in [-0.3, -0.25) is 14.5 Å². The van der Waals surface area contributed by atoms with E-state index < -0.39 is 0 Å². The molecule has 1 aliphatic heterocycles. The first kappa shape index (κ1) is 17.0. The molecule has 0 radical (unpaired) electrons. The van der Waals surface area contributed by atoms with Gasteiger partial charge in [0.1, 0.15) is 5.75 Å². The van der Waals surface area contributed by atoms with Gasteiger partial charge in [0.05, 0.1) is 12.0 Å². The Kier molecular flexibility index (Phi) is 5.05. The molecule has 0 aliphatic carbocycles. The molecule has 5 heteroatoms. The summed E-state index contributed by atoms with van der Waals surface area (Å²) in [7, 11) is 1.63. The van der Waals surface area contributed by atoms with Crippen LogP contribution in [-0.4, -0.2) is 29.7 Å². The van der Waals surface area contributed by atoms with E-state index in [2.05, 4.69) is 6.58 Å². The highest BCUT2D eigenvalue weighted by molar-refractivity contribution is 8.18. The Balaban J connectivity index is 1.88. The van der Waals surface area contributed by atoms with Crippen LogP contribution in [0.5, 0.6) is 5.75 Å². The summed E-state index contributed by atoms with van der Waals surface area (Å²) in [6.07, 6.45) is 3.30. The molecule has 0 aromatic heterocycles. The maximum absolute atomic E-state index is 12.3. The van der Waals surface area contributed by atoms with Crippen LogP contribution in [0, 0.1) is 0 Å². The molecule has 4 nitrogen and oxygen atoms in total. The molecular weight excluding hydrogens is 334 g/mol. The zero-order valence-corrected chi connectivity index (χ0v) is 14.6. The van der Waals surface area contributed by atoms with Crippen LogP contribution >= 0.6 is 11.8 Å². The van der Waals surface area contributed by atoms with Crippen molar-refractivity contribution < 1.29 is 14.3 Å². The molecule has 1 aliphatic rings. The van der Waals surface area contributed by atoms with Crippen molar-refractivity contribution in [3.05, 3.63) is 71.7 Å². The molecule has 0 saturated carbocycles. The zero-order chi connectivity index (χ0) is 17.8. The Morgan fingerprint density at radius 1 is 1.12 bits per heavy atom. The molecule has 0 spiro atoms. The Morgan fingerprint density at radius 2 is 1.88 bits per heavy atom. The SMILES string of the molecule is C=CCN1C(=O)SC(=Cc2cccc(-c3ccc(OC)cc3)c2)C1=O. The highest BCUT2D eigenvalue weighted by Crippen LogP contribution is 2.32. The highest BCUT2D eigenvalue weighted by Gasteiger charge is 2.33. The zero-order valence-electron chi connectivity index (χ0n) is 13.8. The third-order valence-corrected chi connectivity index (χ3v) is 4.70. The van der Waals surface area contributed by atoms with E-state index in [1.807, 2.05) is 48.5 Å². The van der Waals surface area contributed by atoms with Gasteiger partial charge in [0.15, 0.2) is 0 Å². The predicted molar refractivity (Wildman–Crippen MR) is 101 cm³/mol. The summed E-state index contributed by atoms with van der Waals surface area (Å²) >= 11 is 0.957. The van der Waals surface area contributed by atoms with Gasteiger partial charge in [0.25, 0.3) is 11.1 Å². The van der Waals surface area contributed by atoms with Crippen molar-refractivity contribution in [2.45, 2.75) is 0 Å². The van der Waals surface area contributed by atoms with Crippen LogP contribution in [0.3, 0.4) is 0 Å². The number of hydrogen-bond donors (Lipinski definition) is 0. The molecule has 2 amide bonds. The number of methoxy groups -OCH3 is 1. The standard InChI is InChI=1S/C20H17NO3S/c1-3-11-21-19(22)18(25-20(21)23)13-14-5-4-6-16(12-14)15-7-9-17(24-2)10-8-15/h3-10,12-13H,1,11H2,2H3. The lowest BCUT2D eigenvalue weighted by molar-refractivity contribution is -0.122. The summed E-state index contributed by atoms with van der Waals surface area (Å²) < 4.78 is 5.18. The third-order valence-electron chi connectivity index (χ3n) is 3.79. The molecule has 2 aromatic carbocycles. The Labute approximate surface area is 150 Å². The molecular formula is C20H17NO3S. The van der Waals surface area contributed by atoms with Gasteiger partial charge in [0, 0.05) is 6.54 Å². The second-order valence-electron chi connectivity index (χ2n) is 5.43. The highest BCUT2D eigenvalue weighted by atomic mass is 32.2. The van der Waals surface area contributed by atoms with E-state index in [-0.39, 0.29) is 17.7 Å². The van der Waals surface area contributed by atoms with Crippen LogP contribution in [0.25, 0.3) is 17.2 Å². The fraction of sp³-hybridized carbons (Fsp3) is 0.100. The van der Waals surface area contributed by atoms with Crippen LogP contribution in [0.2, 0.25) is 0 Å². The predicted octanol–water partition coefficient (Wildman–Crippen LogP) is 4.58. The number of carbonyl (C=O) groups excluding carboxylic acids is 2. The van der Waals surface area contributed by atoms with Crippen LogP contribution in [0.1, 0.15) is 5.56 Å². The minimum atomic E-state index is -0.273. The van der Waals surface area contributed by atoms with Gasteiger partial charge < -0.3 is 4.74 Å². The molecule has 0 atom stereocenters. The van der Waals surface area contributed by atoms with Gasteiger partial charge in [-0.25, -0.2) is 0 Å². The maximum Gasteiger partial charge on any atom is 0.293 e. The molecule has 25 heavy (non-hydrogen) atoms. The van der Waals surface area contributed by atoms with Gasteiger partial charge in [-0.2, -0.15) is 0 Å². The maximum atomic E-state index is 12.3. The minimum Gasteiger partial charge on any atom is -0.497 e. The molecule has 0 unspecified atom stereocenters. The van der Waals surface area contributed by atoms with Gasteiger partial charge in [0.2, 0.25) is 0 Å². The van der Waals surface area contributed by atoms with Crippen LogP contribution < -0.4 is 4.74 Å². The van der Waals surface area contributed by atoms with Gasteiger partial charge >= 0.3 is 0 Å². The largest absolute Gasteiger partial charge is 0.497 e. The molecule has 3 rings (SSSR count). The Hall–Kier alpha value is -2.79. The first-order valence-corrected chi connectivity index (χ1v) is 8.55. The van der Waals surface area contributed by atoms with E-state index in [1.165, 1.54) is 4.90 Å². The van der Waals surface area contributed by atoms with Gasteiger partial charge in [-0.15, -0.1) is 6.58 Å². The van der Waals surface area contributed by atoms with E-state index >= 15 is 0 Å². The number of ether oxygens (including phenoxy) is 1. The lowest BCUT2D eigenvalue weighted by atomic mass is 10.0. The van der Waals surface area contributed by atoms with Crippen LogP contribution in [0.15, 0.2) is 66.1 Å². The van der Waals surface area contributed by atoms with Crippen LogP contribution in [-0.2, 0) is 4.79 Å². The van der Waals surface area contributed by atoms with Crippen molar-refractivity contribution in [1.29, 1.82) is 0 Å². The van der Waals surface area contributed by atoms with Crippen molar-refractivity contribution in [3.63, 3.8) is 0 Å². The summed E-state index contributed by atoms with van der Waals surface area (Å²) in [5.41, 5.74) is 2.95. The summed E-state index contributed by atoms with van der Waals surface area (Å²) in [6.45, 7) is 3.81. The number of amides is 2.